The normalized spacial score (nSPS) is 39.6. The van der Waals surface area contributed by atoms with Crippen molar-refractivity contribution in [1.82, 2.24) is 10.2 Å². The summed E-state index contributed by atoms with van der Waals surface area (Å²) < 4.78 is 0. The van der Waals surface area contributed by atoms with E-state index in [2.05, 4.69) is 24.1 Å². The Bertz CT molecular complexity index is 232. The summed E-state index contributed by atoms with van der Waals surface area (Å²) in [5.41, 5.74) is 0.825. The minimum absolute atomic E-state index is 0.732. The average Bonchev–Trinajstić information content (AvgIpc) is 2.98. The molecule has 2 heteroatoms. The monoisotopic (exact) mass is 194 g/mol. The molecule has 2 unspecified atom stereocenters. The van der Waals surface area contributed by atoms with Crippen molar-refractivity contribution >= 4 is 0 Å². The van der Waals surface area contributed by atoms with Gasteiger partial charge < -0.3 is 5.32 Å². The van der Waals surface area contributed by atoms with Crippen molar-refractivity contribution in [2.75, 3.05) is 13.1 Å². The quantitative estimate of drug-likeness (QED) is 0.734. The predicted molar refractivity (Wildman–Crippen MR) is 58.3 cm³/mol. The summed E-state index contributed by atoms with van der Waals surface area (Å²) in [4.78, 5) is 2.60. The van der Waals surface area contributed by atoms with Gasteiger partial charge in [0, 0.05) is 24.7 Å². The molecule has 0 radical (unpaired) electrons. The van der Waals surface area contributed by atoms with Gasteiger partial charge in [0.15, 0.2) is 0 Å². The third-order valence-electron chi connectivity index (χ3n) is 4.47. The lowest BCUT2D eigenvalue weighted by molar-refractivity contribution is 0.267. The maximum absolute atomic E-state index is 3.85. The van der Waals surface area contributed by atoms with E-state index in [0.717, 1.165) is 23.5 Å². The molecule has 0 aromatic carbocycles. The van der Waals surface area contributed by atoms with Crippen LogP contribution in [0, 0.1) is 5.41 Å². The molecule has 2 atom stereocenters. The fraction of sp³-hybridized carbons (Fsp3) is 1.00. The summed E-state index contributed by atoms with van der Waals surface area (Å²) in [6.45, 7) is 7.20. The van der Waals surface area contributed by atoms with E-state index < -0.39 is 0 Å². The lowest BCUT2D eigenvalue weighted by Gasteiger charge is -2.20. The van der Waals surface area contributed by atoms with Gasteiger partial charge in [-0.3, -0.25) is 4.90 Å². The number of hydrogen-bond acceptors (Lipinski definition) is 2. The van der Waals surface area contributed by atoms with Crippen molar-refractivity contribution in [2.24, 2.45) is 5.41 Å². The first kappa shape index (κ1) is 9.17. The average molecular weight is 194 g/mol. The topological polar surface area (TPSA) is 15.3 Å². The Balaban J connectivity index is 1.47. The molecule has 3 fully saturated rings. The zero-order chi connectivity index (χ0) is 9.76. The zero-order valence-electron chi connectivity index (χ0n) is 9.42. The lowest BCUT2D eigenvalue weighted by Crippen LogP contribution is -2.36. The number of nitrogens with zero attached hydrogens (tertiary/aromatic N) is 1. The van der Waals surface area contributed by atoms with E-state index in [1.807, 2.05) is 0 Å². The molecule has 0 amide bonds. The van der Waals surface area contributed by atoms with Crippen LogP contribution < -0.4 is 5.32 Å². The molecule has 80 valence electrons. The van der Waals surface area contributed by atoms with E-state index in [0.29, 0.717) is 0 Å². The second kappa shape index (κ2) is 2.96. The van der Waals surface area contributed by atoms with E-state index in [9.17, 15) is 0 Å². The van der Waals surface area contributed by atoms with Gasteiger partial charge in [-0.15, -0.1) is 0 Å². The predicted octanol–water partition coefficient (Wildman–Crippen LogP) is 1.61. The van der Waals surface area contributed by atoms with Gasteiger partial charge in [-0.25, -0.2) is 0 Å². The summed E-state index contributed by atoms with van der Waals surface area (Å²) in [7, 11) is 0. The molecule has 3 rings (SSSR count). The molecule has 2 saturated carbocycles. The van der Waals surface area contributed by atoms with Gasteiger partial charge in [-0.2, -0.15) is 0 Å². The number of rotatable bonds is 3. The summed E-state index contributed by atoms with van der Waals surface area (Å²) in [5, 5.41) is 3.85. The minimum Gasteiger partial charge on any atom is -0.309 e. The molecule has 0 bridgehead atoms. The fourth-order valence-corrected chi connectivity index (χ4v) is 2.97. The van der Waals surface area contributed by atoms with E-state index >= 15 is 0 Å². The van der Waals surface area contributed by atoms with Crippen molar-refractivity contribution in [1.29, 1.82) is 0 Å². The van der Waals surface area contributed by atoms with Crippen LogP contribution >= 0.6 is 0 Å². The Hall–Kier alpha value is -0.0800. The first-order valence-electron chi connectivity index (χ1n) is 6.20. The van der Waals surface area contributed by atoms with Crippen molar-refractivity contribution in [3.05, 3.63) is 0 Å². The van der Waals surface area contributed by atoms with Crippen LogP contribution in [0.2, 0.25) is 0 Å². The number of nitrogens with one attached hydrogen (secondary N) is 1. The Morgan fingerprint density at radius 1 is 1.36 bits per heavy atom. The van der Waals surface area contributed by atoms with Crippen LogP contribution in [0.1, 0.15) is 39.5 Å². The molecule has 3 aliphatic rings. The molecule has 0 aromatic rings. The van der Waals surface area contributed by atoms with Gasteiger partial charge in [-0.05, 0) is 51.5 Å². The highest BCUT2D eigenvalue weighted by Gasteiger charge is 2.62. The highest BCUT2D eigenvalue weighted by molar-refractivity contribution is 5.17. The molecule has 2 aliphatic carbocycles. The molecule has 1 N–H and O–H groups in total. The maximum Gasteiger partial charge on any atom is 0.0210 e. The van der Waals surface area contributed by atoms with Crippen molar-refractivity contribution in [3.8, 4) is 0 Å². The molecule has 0 aromatic heterocycles. The van der Waals surface area contributed by atoms with Crippen molar-refractivity contribution in [2.45, 2.75) is 57.7 Å². The third-order valence-corrected chi connectivity index (χ3v) is 4.47. The lowest BCUT2D eigenvalue weighted by atomic mass is 10.2. The van der Waals surface area contributed by atoms with Crippen molar-refractivity contribution < 1.29 is 0 Å². The highest BCUT2D eigenvalue weighted by atomic mass is 15.2. The Labute approximate surface area is 87.0 Å². The summed E-state index contributed by atoms with van der Waals surface area (Å²) in [6, 6.07) is 2.43. The summed E-state index contributed by atoms with van der Waals surface area (Å²) in [5.74, 6) is 0. The van der Waals surface area contributed by atoms with Crippen molar-refractivity contribution in [3.63, 3.8) is 0 Å². The molecule has 2 nitrogen and oxygen atoms in total. The molecule has 1 saturated heterocycles. The molecule has 1 spiro atoms. The Morgan fingerprint density at radius 2 is 2.14 bits per heavy atom. The van der Waals surface area contributed by atoms with Crippen LogP contribution in [0.4, 0.5) is 0 Å². The first-order chi connectivity index (χ1) is 6.70. The van der Waals surface area contributed by atoms with Crippen LogP contribution in [0.5, 0.6) is 0 Å². The van der Waals surface area contributed by atoms with Gasteiger partial charge in [0.05, 0.1) is 0 Å². The highest BCUT2D eigenvalue weighted by Crippen LogP contribution is 2.66. The first-order valence-corrected chi connectivity index (χ1v) is 6.20. The molecule has 1 heterocycles. The van der Waals surface area contributed by atoms with Crippen LogP contribution in [-0.2, 0) is 0 Å². The van der Waals surface area contributed by atoms with E-state index in [1.165, 1.54) is 38.8 Å². The molecular formula is C12H22N2. The van der Waals surface area contributed by atoms with Gasteiger partial charge in [0.2, 0.25) is 0 Å². The maximum atomic E-state index is 3.85. The van der Waals surface area contributed by atoms with Crippen LogP contribution in [0.15, 0.2) is 0 Å². The summed E-state index contributed by atoms with van der Waals surface area (Å²) >= 11 is 0. The Morgan fingerprint density at radius 3 is 2.64 bits per heavy atom. The number of likely N-dealkylation sites (tertiary alicyclic amines) is 1. The van der Waals surface area contributed by atoms with E-state index in [-0.39, 0.29) is 0 Å². The molecule has 1 aliphatic heterocycles. The smallest absolute Gasteiger partial charge is 0.0210 e. The molecular weight excluding hydrogens is 172 g/mol. The van der Waals surface area contributed by atoms with Gasteiger partial charge in [-0.1, -0.05) is 0 Å². The third kappa shape index (κ3) is 1.49. The van der Waals surface area contributed by atoms with Gasteiger partial charge in [0.25, 0.3) is 0 Å². The minimum atomic E-state index is 0.732. The molecule has 14 heavy (non-hydrogen) atoms. The largest absolute Gasteiger partial charge is 0.309 e. The van der Waals surface area contributed by atoms with E-state index in [1.54, 1.807) is 0 Å². The summed E-state index contributed by atoms with van der Waals surface area (Å²) in [6.07, 6.45) is 5.85. The number of hydrogen-bond donors (Lipinski definition) is 1. The van der Waals surface area contributed by atoms with Gasteiger partial charge in [0.1, 0.15) is 0 Å². The fourth-order valence-electron chi connectivity index (χ4n) is 2.97. The van der Waals surface area contributed by atoms with Crippen LogP contribution in [0.25, 0.3) is 0 Å². The van der Waals surface area contributed by atoms with Crippen LogP contribution in [-0.4, -0.2) is 36.1 Å². The van der Waals surface area contributed by atoms with E-state index in [4.69, 9.17) is 0 Å². The standard InChI is InChI=1S/C12H22N2/c1-9(2)14-6-3-10(8-14)13-11-7-12(11)4-5-12/h9-11,13H,3-8H2,1-2H3. The SMILES string of the molecule is CC(C)N1CCC(NC2CC23CC3)C1. The van der Waals surface area contributed by atoms with Crippen LogP contribution in [0.3, 0.4) is 0 Å². The second-order valence-electron chi connectivity index (χ2n) is 5.86. The zero-order valence-corrected chi connectivity index (χ0v) is 9.42. The van der Waals surface area contributed by atoms with Gasteiger partial charge >= 0.3 is 0 Å². The Kier molecular flexibility index (Phi) is 1.94. The second-order valence-corrected chi connectivity index (χ2v) is 5.86.